The van der Waals surface area contributed by atoms with Gasteiger partial charge in [-0.1, -0.05) is 36.4 Å². The SMILES string of the molecule is CN=C(NCCCOCC1CC1)NCc1ccc(Cn2cnc3ccccc32)cc1.I. The predicted octanol–water partition coefficient (Wildman–Crippen LogP) is 4.18. The first kappa shape index (κ1) is 23.5. The molecule has 31 heavy (non-hydrogen) atoms. The van der Waals surface area contributed by atoms with Gasteiger partial charge in [-0.05, 0) is 48.4 Å². The summed E-state index contributed by atoms with van der Waals surface area (Å²) < 4.78 is 7.85. The number of nitrogens with zero attached hydrogens (tertiary/aromatic N) is 3. The van der Waals surface area contributed by atoms with Crippen molar-refractivity contribution < 1.29 is 4.74 Å². The predicted molar refractivity (Wildman–Crippen MR) is 137 cm³/mol. The lowest BCUT2D eigenvalue weighted by molar-refractivity contribution is 0.123. The summed E-state index contributed by atoms with van der Waals surface area (Å²) in [5.74, 6) is 1.66. The highest BCUT2D eigenvalue weighted by atomic mass is 127. The summed E-state index contributed by atoms with van der Waals surface area (Å²) in [6, 6.07) is 16.9. The summed E-state index contributed by atoms with van der Waals surface area (Å²) >= 11 is 0. The molecule has 0 amide bonds. The van der Waals surface area contributed by atoms with Crippen molar-refractivity contribution in [3.05, 3.63) is 66.0 Å². The topological polar surface area (TPSA) is 63.5 Å². The molecule has 0 saturated heterocycles. The number of fused-ring (bicyclic) bond motifs is 1. The Labute approximate surface area is 201 Å². The molecular formula is C24H32IN5O. The van der Waals surface area contributed by atoms with Gasteiger partial charge in [-0.15, -0.1) is 24.0 Å². The van der Waals surface area contributed by atoms with Crippen molar-refractivity contribution in [3.63, 3.8) is 0 Å². The van der Waals surface area contributed by atoms with Crippen LogP contribution in [0.4, 0.5) is 0 Å². The number of hydrogen-bond donors (Lipinski definition) is 2. The smallest absolute Gasteiger partial charge is 0.191 e. The van der Waals surface area contributed by atoms with E-state index in [9.17, 15) is 0 Å². The molecule has 0 radical (unpaired) electrons. The van der Waals surface area contributed by atoms with Gasteiger partial charge in [-0.25, -0.2) is 4.98 Å². The van der Waals surface area contributed by atoms with E-state index in [1.807, 2.05) is 18.5 Å². The Bertz CT molecular complexity index is 966. The highest BCUT2D eigenvalue weighted by molar-refractivity contribution is 14.0. The van der Waals surface area contributed by atoms with Crippen LogP contribution in [0.5, 0.6) is 0 Å². The molecule has 2 N–H and O–H groups in total. The molecule has 0 atom stereocenters. The molecule has 0 unspecified atom stereocenters. The Morgan fingerprint density at radius 2 is 1.87 bits per heavy atom. The van der Waals surface area contributed by atoms with E-state index in [1.165, 1.54) is 24.0 Å². The standard InChI is InChI=1S/C24H31N5O.HI/c1-25-24(26-13-4-14-30-17-21-11-12-21)27-15-19-7-9-20(10-8-19)16-29-18-28-22-5-2-3-6-23(22)29;/h2-3,5-10,18,21H,4,11-17H2,1H3,(H2,25,26,27);1H. The van der Waals surface area contributed by atoms with Crippen molar-refractivity contribution in [2.45, 2.75) is 32.4 Å². The van der Waals surface area contributed by atoms with Crippen molar-refractivity contribution in [1.29, 1.82) is 0 Å². The molecule has 7 heteroatoms. The van der Waals surface area contributed by atoms with Crippen LogP contribution in [0.3, 0.4) is 0 Å². The van der Waals surface area contributed by atoms with Crippen LogP contribution in [-0.2, 0) is 17.8 Å². The van der Waals surface area contributed by atoms with Gasteiger partial charge in [0.25, 0.3) is 0 Å². The maximum Gasteiger partial charge on any atom is 0.191 e. The minimum absolute atomic E-state index is 0. The lowest BCUT2D eigenvalue weighted by Gasteiger charge is -2.12. The van der Waals surface area contributed by atoms with Crippen LogP contribution in [0.1, 0.15) is 30.4 Å². The Morgan fingerprint density at radius 1 is 1.10 bits per heavy atom. The minimum atomic E-state index is 0. The average molecular weight is 533 g/mol. The van der Waals surface area contributed by atoms with Crippen LogP contribution in [0.2, 0.25) is 0 Å². The monoisotopic (exact) mass is 533 g/mol. The van der Waals surface area contributed by atoms with E-state index in [2.05, 4.69) is 61.6 Å². The minimum Gasteiger partial charge on any atom is -0.381 e. The molecule has 1 heterocycles. The van der Waals surface area contributed by atoms with Crippen LogP contribution >= 0.6 is 24.0 Å². The largest absolute Gasteiger partial charge is 0.381 e. The van der Waals surface area contributed by atoms with E-state index < -0.39 is 0 Å². The molecule has 4 rings (SSSR count). The molecular weight excluding hydrogens is 501 g/mol. The zero-order chi connectivity index (χ0) is 20.6. The number of halogens is 1. The number of rotatable bonds is 10. The Kier molecular flexibility index (Phi) is 9.14. The van der Waals surface area contributed by atoms with Gasteiger partial charge in [0.2, 0.25) is 0 Å². The number of para-hydroxylation sites is 2. The van der Waals surface area contributed by atoms with Crippen LogP contribution in [0, 0.1) is 5.92 Å². The van der Waals surface area contributed by atoms with Crippen LogP contribution < -0.4 is 10.6 Å². The zero-order valence-electron chi connectivity index (χ0n) is 18.1. The highest BCUT2D eigenvalue weighted by Gasteiger charge is 2.20. The van der Waals surface area contributed by atoms with E-state index >= 15 is 0 Å². The van der Waals surface area contributed by atoms with E-state index in [0.29, 0.717) is 0 Å². The second-order valence-electron chi connectivity index (χ2n) is 7.90. The molecule has 1 fully saturated rings. The number of guanidine groups is 1. The summed E-state index contributed by atoms with van der Waals surface area (Å²) in [7, 11) is 1.80. The zero-order valence-corrected chi connectivity index (χ0v) is 20.4. The van der Waals surface area contributed by atoms with Gasteiger partial charge in [0.1, 0.15) is 0 Å². The number of hydrogen-bond acceptors (Lipinski definition) is 3. The third kappa shape index (κ3) is 7.21. The van der Waals surface area contributed by atoms with Gasteiger partial charge >= 0.3 is 0 Å². The Morgan fingerprint density at radius 3 is 2.65 bits per heavy atom. The average Bonchev–Trinajstić information content (AvgIpc) is 3.53. The molecule has 0 bridgehead atoms. The highest BCUT2D eigenvalue weighted by Crippen LogP contribution is 2.28. The fourth-order valence-electron chi connectivity index (χ4n) is 3.42. The molecule has 166 valence electrons. The summed E-state index contributed by atoms with van der Waals surface area (Å²) in [5.41, 5.74) is 4.68. The number of aliphatic imine (C=N–C) groups is 1. The van der Waals surface area contributed by atoms with Gasteiger partial charge in [0, 0.05) is 39.9 Å². The lowest BCUT2D eigenvalue weighted by Crippen LogP contribution is -2.37. The molecule has 1 aromatic heterocycles. The number of benzene rings is 2. The van der Waals surface area contributed by atoms with Gasteiger partial charge in [0.15, 0.2) is 5.96 Å². The summed E-state index contributed by atoms with van der Waals surface area (Å²) in [6.45, 7) is 4.17. The molecule has 0 spiro atoms. The maximum absolute atomic E-state index is 5.67. The number of nitrogens with one attached hydrogen (secondary N) is 2. The first-order valence-electron chi connectivity index (χ1n) is 10.8. The quantitative estimate of drug-likeness (QED) is 0.178. The van der Waals surface area contributed by atoms with Crippen molar-refractivity contribution in [3.8, 4) is 0 Å². The van der Waals surface area contributed by atoms with Crippen molar-refractivity contribution >= 4 is 41.0 Å². The first-order valence-corrected chi connectivity index (χ1v) is 10.8. The van der Waals surface area contributed by atoms with E-state index in [0.717, 1.165) is 62.2 Å². The van der Waals surface area contributed by atoms with Crippen LogP contribution in [-0.4, -0.2) is 42.3 Å². The van der Waals surface area contributed by atoms with Crippen LogP contribution in [0.25, 0.3) is 11.0 Å². The summed E-state index contributed by atoms with van der Waals surface area (Å²) in [4.78, 5) is 8.77. The second-order valence-corrected chi connectivity index (χ2v) is 7.90. The third-order valence-electron chi connectivity index (χ3n) is 5.40. The van der Waals surface area contributed by atoms with Crippen molar-refractivity contribution in [1.82, 2.24) is 20.2 Å². The summed E-state index contributed by atoms with van der Waals surface area (Å²) in [6.07, 6.45) is 5.59. The van der Waals surface area contributed by atoms with E-state index in [1.54, 1.807) is 7.05 Å². The molecule has 1 saturated carbocycles. The maximum atomic E-state index is 5.67. The fourth-order valence-corrected chi connectivity index (χ4v) is 3.42. The second kappa shape index (κ2) is 12.0. The first-order chi connectivity index (χ1) is 14.8. The number of imidazole rings is 1. The number of ether oxygens (including phenoxy) is 1. The summed E-state index contributed by atoms with van der Waals surface area (Å²) in [5, 5.41) is 6.73. The van der Waals surface area contributed by atoms with Crippen LogP contribution in [0.15, 0.2) is 59.9 Å². The van der Waals surface area contributed by atoms with E-state index in [-0.39, 0.29) is 24.0 Å². The molecule has 6 nitrogen and oxygen atoms in total. The van der Waals surface area contributed by atoms with Gasteiger partial charge in [-0.2, -0.15) is 0 Å². The van der Waals surface area contributed by atoms with Crippen molar-refractivity contribution in [2.24, 2.45) is 10.9 Å². The van der Waals surface area contributed by atoms with Gasteiger partial charge < -0.3 is 19.9 Å². The molecule has 2 aromatic carbocycles. The molecule has 0 aliphatic heterocycles. The Balaban J connectivity index is 0.00000272. The van der Waals surface area contributed by atoms with Gasteiger partial charge in [0.05, 0.1) is 17.4 Å². The third-order valence-corrected chi connectivity index (χ3v) is 5.40. The fraction of sp³-hybridized carbons (Fsp3) is 0.417. The molecule has 1 aliphatic carbocycles. The van der Waals surface area contributed by atoms with Gasteiger partial charge in [-0.3, -0.25) is 4.99 Å². The molecule has 1 aliphatic rings. The molecule has 3 aromatic rings. The van der Waals surface area contributed by atoms with E-state index in [4.69, 9.17) is 4.74 Å². The Hall–Kier alpha value is -2.13. The normalized spacial score (nSPS) is 13.8. The number of aromatic nitrogens is 2. The van der Waals surface area contributed by atoms with Crippen molar-refractivity contribution in [2.75, 3.05) is 26.8 Å². The lowest BCUT2D eigenvalue weighted by atomic mass is 10.1.